The minimum absolute atomic E-state index is 0. The molecule has 4 nitrogen and oxygen atoms in total. The van der Waals surface area contributed by atoms with E-state index in [1.807, 2.05) is 12.1 Å². The summed E-state index contributed by atoms with van der Waals surface area (Å²) in [5, 5.41) is 9.19. The van der Waals surface area contributed by atoms with Crippen LogP contribution >= 0.6 is 12.4 Å². The van der Waals surface area contributed by atoms with Crippen LogP contribution in [0.2, 0.25) is 0 Å². The van der Waals surface area contributed by atoms with E-state index in [-0.39, 0.29) is 24.2 Å². The molecule has 1 aliphatic heterocycles. The second-order valence-corrected chi connectivity index (χ2v) is 6.93. The summed E-state index contributed by atoms with van der Waals surface area (Å²) >= 11 is 0. The highest BCUT2D eigenvalue weighted by atomic mass is 35.5. The summed E-state index contributed by atoms with van der Waals surface area (Å²) in [7, 11) is 0. The Balaban J connectivity index is 0.00000261. The van der Waals surface area contributed by atoms with Gasteiger partial charge in [0.05, 0.1) is 19.1 Å². The Morgan fingerprint density at radius 2 is 1.67 bits per heavy atom. The molecule has 146 valence electrons. The topological polar surface area (TPSA) is 49.8 Å². The minimum Gasteiger partial charge on any atom is -0.481 e. The van der Waals surface area contributed by atoms with Crippen LogP contribution in [0, 0.1) is 5.92 Å². The first-order valence-electron chi connectivity index (χ1n) is 9.37. The highest BCUT2D eigenvalue weighted by molar-refractivity contribution is 5.85. The molecule has 1 unspecified atom stereocenters. The van der Waals surface area contributed by atoms with E-state index in [1.165, 1.54) is 11.1 Å². The summed E-state index contributed by atoms with van der Waals surface area (Å²) in [4.78, 5) is 13.4. The van der Waals surface area contributed by atoms with Crippen molar-refractivity contribution >= 4 is 18.4 Å². The van der Waals surface area contributed by atoms with Crippen LogP contribution in [0.3, 0.4) is 0 Å². The van der Waals surface area contributed by atoms with Gasteiger partial charge in [0.1, 0.15) is 0 Å². The third-order valence-electron chi connectivity index (χ3n) is 5.10. The SMILES string of the molecule is Cl.O=C(O)C1CCCN(CCOCC(c2ccccc2)c2ccccc2)C1. The molecule has 0 amide bonds. The Hall–Kier alpha value is -1.88. The number of carboxylic acids is 1. The smallest absolute Gasteiger partial charge is 0.307 e. The van der Waals surface area contributed by atoms with Crippen molar-refractivity contribution in [3.8, 4) is 0 Å². The molecule has 1 fully saturated rings. The van der Waals surface area contributed by atoms with Crippen LogP contribution in [0.4, 0.5) is 0 Å². The Morgan fingerprint density at radius 1 is 1.07 bits per heavy atom. The van der Waals surface area contributed by atoms with Crippen molar-refractivity contribution in [3.05, 3.63) is 71.8 Å². The van der Waals surface area contributed by atoms with E-state index in [0.717, 1.165) is 25.9 Å². The lowest BCUT2D eigenvalue weighted by atomic mass is 9.92. The first-order chi connectivity index (χ1) is 12.7. The molecule has 0 saturated carbocycles. The molecule has 0 aliphatic carbocycles. The number of halogens is 1. The third-order valence-corrected chi connectivity index (χ3v) is 5.10. The number of hydrogen-bond donors (Lipinski definition) is 1. The number of nitrogens with zero attached hydrogens (tertiary/aromatic N) is 1. The molecule has 0 spiro atoms. The van der Waals surface area contributed by atoms with E-state index in [9.17, 15) is 9.90 Å². The van der Waals surface area contributed by atoms with Gasteiger partial charge in [0.2, 0.25) is 0 Å². The number of piperidine rings is 1. The maximum atomic E-state index is 11.2. The molecular formula is C22H28ClNO3. The second-order valence-electron chi connectivity index (χ2n) is 6.93. The summed E-state index contributed by atoms with van der Waals surface area (Å²) < 4.78 is 6.01. The number of carboxylic acid groups (broad SMARTS) is 1. The van der Waals surface area contributed by atoms with Crippen molar-refractivity contribution in [1.29, 1.82) is 0 Å². The van der Waals surface area contributed by atoms with Crippen molar-refractivity contribution in [2.75, 3.05) is 32.8 Å². The van der Waals surface area contributed by atoms with Crippen LogP contribution in [-0.2, 0) is 9.53 Å². The lowest BCUT2D eigenvalue weighted by Crippen LogP contribution is -2.40. The lowest BCUT2D eigenvalue weighted by Gasteiger charge is -2.30. The van der Waals surface area contributed by atoms with Crippen molar-refractivity contribution in [1.82, 2.24) is 4.90 Å². The van der Waals surface area contributed by atoms with Crippen LogP contribution in [0.25, 0.3) is 0 Å². The molecule has 2 aromatic rings. The number of ether oxygens (including phenoxy) is 1. The van der Waals surface area contributed by atoms with Crippen molar-refractivity contribution < 1.29 is 14.6 Å². The zero-order valence-electron chi connectivity index (χ0n) is 15.5. The average molecular weight is 390 g/mol. The van der Waals surface area contributed by atoms with Crippen molar-refractivity contribution in [3.63, 3.8) is 0 Å². The number of aliphatic carboxylic acids is 1. The maximum Gasteiger partial charge on any atom is 0.307 e. The maximum absolute atomic E-state index is 11.2. The summed E-state index contributed by atoms with van der Waals surface area (Å²) in [6, 6.07) is 20.9. The first kappa shape index (κ1) is 21.4. The van der Waals surface area contributed by atoms with Gasteiger partial charge in [-0.25, -0.2) is 0 Å². The van der Waals surface area contributed by atoms with E-state index in [1.54, 1.807) is 0 Å². The molecule has 0 bridgehead atoms. The molecule has 27 heavy (non-hydrogen) atoms. The van der Waals surface area contributed by atoms with Crippen LogP contribution in [0.15, 0.2) is 60.7 Å². The van der Waals surface area contributed by atoms with Gasteiger partial charge < -0.3 is 14.7 Å². The summed E-state index contributed by atoms with van der Waals surface area (Å²) in [6.07, 6.45) is 1.74. The van der Waals surface area contributed by atoms with E-state index >= 15 is 0 Å². The minimum atomic E-state index is -0.677. The highest BCUT2D eigenvalue weighted by Gasteiger charge is 2.25. The Bertz CT molecular complexity index is 641. The highest BCUT2D eigenvalue weighted by Crippen LogP contribution is 2.25. The quantitative estimate of drug-likeness (QED) is 0.692. The van der Waals surface area contributed by atoms with Gasteiger partial charge >= 0.3 is 5.97 Å². The van der Waals surface area contributed by atoms with E-state index in [4.69, 9.17) is 4.74 Å². The molecule has 2 aromatic carbocycles. The predicted octanol–water partition coefficient (Wildman–Crippen LogP) is 4.05. The van der Waals surface area contributed by atoms with Gasteiger partial charge in [-0.05, 0) is 30.5 Å². The molecule has 1 heterocycles. The fourth-order valence-electron chi connectivity index (χ4n) is 3.61. The second kappa shape index (κ2) is 11.1. The Labute approximate surface area is 167 Å². The normalized spacial score (nSPS) is 17.4. The monoisotopic (exact) mass is 389 g/mol. The molecular weight excluding hydrogens is 362 g/mol. The first-order valence-corrected chi connectivity index (χ1v) is 9.37. The Kier molecular flexibility index (Phi) is 8.79. The number of carbonyl (C=O) groups is 1. The number of rotatable bonds is 8. The van der Waals surface area contributed by atoms with Gasteiger partial charge in [-0.15, -0.1) is 12.4 Å². The van der Waals surface area contributed by atoms with E-state index in [0.29, 0.717) is 19.8 Å². The van der Waals surface area contributed by atoms with Crippen LogP contribution < -0.4 is 0 Å². The number of benzene rings is 2. The van der Waals surface area contributed by atoms with E-state index in [2.05, 4.69) is 53.4 Å². The van der Waals surface area contributed by atoms with Gasteiger partial charge in [-0.1, -0.05) is 60.7 Å². The Morgan fingerprint density at radius 3 is 2.22 bits per heavy atom. The summed E-state index contributed by atoms with van der Waals surface area (Å²) in [5.74, 6) is -0.695. The number of hydrogen-bond acceptors (Lipinski definition) is 3. The van der Waals surface area contributed by atoms with E-state index < -0.39 is 5.97 Å². The largest absolute Gasteiger partial charge is 0.481 e. The predicted molar refractivity (Wildman–Crippen MR) is 110 cm³/mol. The van der Waals surface area contributed by atoms with Gasteiger partial charge in [0.15, 0.2) is 0 Å². The molecule has 5 heteroatoms. The molecule has 1 N–H and O–H groups in total. The average Bonchev–Trinajstić information content (AvgIpc) is 2.69. The van der Waals surface area contributed by atoms with Gasteiger partial charge in [-0.3, -0.25) is 4.79 Å². The zero-order valence-corrected chi connectivity index (χ0v) is 16.3. The van der Waals surface area contributed by atoms with Gasteiger partial charge in [0.25, 0.3) is 0 Å². The van der Waals surface area contributed by atoms with Crippen LogP contribution in [0.1, 0.15) is 29.9 Å². The fourth-order valence-corrected chi connectivity index (χ4v) is 3.61. The lowest BCUT2D eigenvalue weighted by molar-refractivity contribution is -0.143. The third kappa shape index (κ3) is 6.35. The zero-order chi connectivity index (χ0) is 18.2. The molecule has 3 rings (SSSR count). The van der Waals surface area contributed by atoms with Crippen LogP contribution in [0.5, 0.6) is 0 Å². The summed E-state index contributed by atoms with van der Waals surface area (Å²) in [5.41, 5.74) is 2.50. The van der Waals surface area contributed by atoms with Crippen molar-refractivity contribution in [2.24, 2.45) is 5.92 Å². The molecule has 1 saturated heterocycles. The summed E-state index contributed by atoms with van der Waals surface area (Å²) in [6.45, 7) is 3.65. The number of likely N-dealkylation sites (tertiary alicyclic amines) is 1. The van der Waals surface area contributed by atoms with Gasteiger partial charge in [-0.2, -0.15) is 0 Å². The van der Waals surface area contributed by atoms with Crippen molar-refractivity contribution in [2.45, 2.75) is 18.8 Å². The fraction of sp³-hybridized carbons (Fsp3) is 0.409. The molecule has 0 aromatic heterocycles. The molecule has 1 atom stereocenters. The van der Waals surface area contributed by atoms with Crippen LogP contribution in [-0.4, -0.2) is 48.8 Å². The van der Waals surface area contributed by atoms with Gasteiger partial charge in [0, 0.05) is 19.0 Å². The molecule has 1 aliphatic rings. The molecule has 0 radical (unpaired) electrons. The standard InChI is InChI=1S/C22H27NO3.ClH/c24-22(25)20-12-7-13-23(16-20)14-15-26-17-21(18-8-3-1-4-9-18)19-10-5-2-6-11-19;/h1-6,8-11,20-21H,7,12-17H2,(H,24,25);1H.